The third-order valence-electron chi connectivity index (χ3n) is 3.51. The first-order valence-corrected chi connectivity index (χ1v) is 4.79. The zero-order valence-electron chi connectivity index (χ0n) is 7.76. The van der Waals surface area contributed by atoms with Gasteiger partial charge in [0.05, 0.1) is 11.7 Å². The highest BCUT2D eigenvalue weighted by atomic mass is 16.6. The molecule has 0 spiro atoms. The number of epoxide rings is 1. The summed E-state index contributed by atoms with van der Waals surface area (Å²) in [6.07, 6.45) is 4.60. The van der Waals surface area contributed by atoms with Gasteiger partial charge in [0.2, 0.25) is 0 Å². The Morgan fingerprint density at radius 2 is 2.18 bits per heavy atom. The van der Waals surface area contributed by atoms with Gasteiger partial charge in [-0.15, -0.1) is 0 Å². The Bertz CT molecular complexity index is 164. The van der Waals surface area contributed by atoms with E-state index in [1.807, 2.05) is 0 Å². The third-order valence-corrected chi connectivity index (χ3v) is 3.51. The highest BCUT2D eigenvalue weighted by molar-refractivity contribution is 5.03. The fourth-order valence-electron chi connectivity index (χ4n) is 2.28. The maximum Gasteiger partial charge on any atom is 0.0920 e. The van der Waals surface area contributed by atoms with Crippen LogP contribution in [0.3, 0.4) is 0 Å². The Kier molecular flexibility index (Phi) is 1.54. The van der Waals surface area contributed by atoms with Gasteiger partial charge in [0.25, 0.3) is 0 Å². The van der Waals surface area contributed by atoms with E-state index in [-0.39, 0.29) is 0 Å². The Hall–Kier alpha value is -0.0400. The van der Waals surface area contributed by atoms with Gasteiger partial charge < -0.3 is 4.74 Å². The van der Waals surface area contributed by atoms with Crippen LogP contribution in [0, 0.1) is 11.8 Å². The topological polar surface area (TPSA) is 12.5 Å². The standard InChI is InChI=1S/C10H18O/c1-7(2)8-4-5-10(3)9(6-8)11-10/h7-9H,4-6H2,1-3H3/t8-,9-,10+/m0/s1. The van der Waals surface area contributed by atoms with Crippen molar-refractivity contribution in [2.24, 2.45) is 11.8 Å². The first-order valence-electron chi connectivity index (χ1n) is 4.79. The monoisotopic (exact) mass is 154 g/mol. The van der Waals surface area contributed by atoms with Crippen molar-refractivity contribution in [2.75, 3.05) is 0 Å². The lowest BCUT2D eigenvalue weighted by Gasteiger charge is -2.25. The van der Waals surface area contributed by atoms with Crippen LogP contribution < -0.4 is 0 Å². The molecular weight excluding hydrogens is 136 g/mol. The second-order valence-electron chi connectivity index (χ2n) is 4.70. The maximum absolute atomic E-state index is 5.65. The van der Waals surface area contributed by atoms with Crippen LogP contribution in [0.2, 0.25) is 0 Å². The van der Waals surface area contributed by atoms with E-state index in [2.05, 4.69) is 20.8 Å². The van der Waals surface area contributed by atoms with Crippen molar-refractivity contribution in [3.63, 3.8) is 0 Å². The van der Waals surface area contributed by atoms with Gasteiger partial charge in [-0.1, -0.05) is 13.8 Å². The number of rotatable bonds is 1. The van der Waals surface area contributed by atoms with Crippen molar-refractivity contribution < 1.29 is 4.74 Å². The van der Waals surface area contributed by atoms with Gasteiger partial charge in [-0.2, -0.15) is 0 Å². The SMILES string of the molecule is CC(C)[C@H]1CC[C@@]2(C)O[C@H]2C1. The van der Waals surface area contributed by atoms with Crippen molar-refractivity contribution in [3.05, 3.63) is 0 Å². The van der Waals surface area contributed by atoms with Crippen LogP contribution in [0.15, 0.2) is 0 Å². The van der Waals surface area contributed by atoms with Crippen LogP contribution in [0.25, 0.3) is 0 Å². The molecule has 3 atom stereocenters. The largest absolute Gasteiger partial charge is 0.366 e. The first-order chi connectivity index (χ1) is 5.12. The molecule has 2 aliphatic rings. The second kappa shape index (κ2) is 2.22. The zero-order valence-corrected chi connectivity index (χ0v) is 7.76. The van der Waals surface area contributed by atoms with Gasteiger partial charge in [0, 0.05) is 0 Å². The Labute approximate surface area is 69.1 Å². The van der Waals surface area contributed by atoms with Crippen molar-refractivity contribution >= 4 is 0 Å². The normalized spacial score (nSPS) is 49.1. The minimum absolute atomic E-state index is 0.311. The number of hydrogen-bond donors (Lipinski definition) is 0. The molecule has 0 N–H and O–H groups in total. The van der Waals surface area contributed by atoms with E-state index in [1.54, 1.807) is 0 Å². The smallest absolute Gasteiger partial charge is 0.0920 e. The molecule has 0 aromatic heterocycles. The summed E-state index contributed by atoms with van der Waals surface area (Å²) in [5, 5.41) is 0. The number of fused-ring (bicyclic) bond motifs is 1. The molecular formula is C10H18O. The molecule has 1 aliphatic carbocycles. The van der Waals surface area contributed by atoms with Crippen LogP contribution in [0.1, 0.15) is 40.0 Å². The lowest BCUT2D eigenvalue weighted by Crippen LogP contribution is -2.24. The molecule has 0 aromatic rings. The quantitative estimate of drug-likeness (QED) is 0.529. The fraction of sp³-hybridized carbons (Fsp3) is 1.00. The summed E-state index contributed by atoms with van der Waals surface area (Å²) in [5.41, 5.74) is 0.311. The van der Waals surface area contributed by atoms with E-state index in [0.29, 0.717) is 11.7 Å². The third kappa shape index (κ3) is 1.20. The van der Waals surface area contributed by atoms with E-state index < -0.39 is 0 Å². The molecule has 0 unspecified atom stereocenters. The van der Waals surface area contributed by atoms with Crippen molar-refractivity contribution in [1.29, 1.82) is 0 Å². The summed E-state index contributed by atoms with van der Waals surface area (Å²) in [6, 6.07) is 0. The molecule has 1 saturated carbocycles. The molecule has 1 nitrogen and oxygen atoms in total. The predicted molar refractivity (Wildman–Crippen MR) is 45.5 cm³/mol. The molecule has 1 saturated heterocycles. The van der Waals surface area contributed by atoms with Crippen LogP contribution in [0.4, 0.5) is 0 Å². The van der Waals surface area contributed by atoms with Gasteiger partial charge in [-0.05, 0) is 38.0 Å². The van der Waals surface area contributed by atoms with Crippen molar-refractivity contribution in [1.82, 2.24) is 0 Å². The second-order valence-corrected chi connectivity index (χ2v) is 4.70. The number of ether oxygens (including phenoxy) is 1. The van der Waals surface area contributed by atoms with Gasteiger partial charge in [0.15, 0.2) is 0 Å². The predicted octanol–water partition coefficient (Wildman–Crippen LogP) is 2.60. The van der Waals surface area contributed by atoms with Crippen LogP contribution in [-0.2, 0) is 4.74 Å². The molecule has 11 heavy (non-hydrogen) atoms. The summed E-state index contributed by atoms with van der Waals surface area (Å²) in [5.74, 6) is 1.78. The average Bonchev–Trinajstić information content (AvgIpc) is 2.58. The molecule has 1 heterocycles. The summed E-state index contributed by atoms with van der Waals surface area (Å²) >= 11 is 0. The zero-order chi connectivity index (χ0) is 8.06. The Morgan fingerprint density at radius 1 is 1.45 bits per heavy atom. The molecule has 0 amide bonds. The summed E-state index contributed by atoms with van der Waals surface area (Å²) < 4.78 is 5.65. The summed E-state index contributed by atoms with van der Waals surface area (Å²) in [4.78, 5) is 0. The molecule has 0 aromatic carbocycles. The van der Waals surface area contributed by atoms with Gasteiger partial charge in [-0.25, -0.2) is 0 Å². The molecule has 2 fully saturated rings. The molecule has 2 rings (SSSR count). The average molecular weight is 154 g/mol. The van der Waals surface area contributed by atoms with Gasteiger partial charge in [0.1, 0.15) is 0 Å². The van der Waals surface area contributed by atoms with Crippen molar-refractivity contribution in [3.8, 4) is 0 Å². The van der Waals surface area contributed by atoms with E-state index in [9.17, 15) is 0 Å². The van der Waals surface area contributed by atoms with Crippen molar-refractivity contribution in [2.45, 2.75) is 51.7 Å². The first kappa shape index (κ1) is 7.60. The minimum atomic E-state index is 0.311. The lowest BCUT2D eigenvalue weighted by molar-refractivity contribution is 0.275. The van der Waals surface area contributed by atoms with E-state index in [4.69, 9.17) is 4.74 Å². The highest BCUT2D eigenvalue weighted by Crippen LogP contribution is 2.50. The van der Waals surface area contributed by atoms with Gasteiger partial charge in [-0.3, -0.25) is 0 Å². The van der Waals surface area contributed by atoms with E-state index in [1.165, 1.54) is 19.3 Å². The molecule has 0 radical (unpaired) electrons. The summed E-state index contributed by atoms with van der Waals surface area (Å²) in [7, 11) is 0. The van der Waals surface area contributed by atoms with Crippen LogP contribution in [0.5, 0.6) is 0 Å². The van der Waals surface area contributed by atoms with Crippen LogP contribution >= 0.6 is 0 Å². The summed E-state index contributed by atoms with van der Waals surface area (Å²) in [6.45, 7) is 6.92. The number of hydrogen-bond acceptors (Lipinski definition) is 1. The highest BCUT2D eigenvalue weighted by Gasteiger charge is 2.55. The van der Waals surface area contributed by atoms with Gasteiger partial charge >= 0.3 is 0 Å². The Balaban J connectivity index is 1.93. The molecule has 1 heteroatoms. The maximum atomic E-state index is 5.65. The minimum Gasteiger partial charge on any atom is -0.366 e. The van der Waals surface area contributed by atoms with E-state index >= 15 is 0 Å². The Morgan fingerprint density at radius 3 is 2.73 bits per heavy atom. The molecule has 0 bridgehead atoms. The van der Waals surface area contributed by atoms with Crippen LogP contribution in [-0.4, -0.2) is 11.7 Å². The fourth-order valence-corrected chi connectivity index (χ4v) is 2.28. The molecule has 64 valence electrons. The van der Waals surface area contributed by atoms with E-state index in [0.717, 1.165) is 11.8 Å². The molecule has 1 aliphatic heterocycles. The lowest BCUT2D eigenvalue weighted by atomic mass is 9.78.